The quantitative estimate of drug-likeness (QED) is 0.903. The molecule has 0 fully saturated rings. The van der Waals surface area contributed by atoms with Gasteiger partial charge >= 0.3 is 0 Å². The minimum Gasteiger partial charge on any atom is -0.368 e. The topological polar surface area (TPSA) is 46.3 Å². The number of nitrogens with two attached hydrogens (primary N) is 1. The van der Waals surface area contributed by atoms with Crippen LogP contribution in [0, 0.1) is 0 Å². The summed E-state index contributed by atoms with van der Waals surface area (Å²) in [6.45, 7) is 2.31. The molecule has 0 aliphatic rings. The van der Waals surface area contributed by atoms with Gasteiger partial charge in [-0.15, -0.1) is 0 Å². The van der Waals surface area contributed by atoms with Crippen LogP contribution < -0.4 is 5.73 Å². The number of primary amides is 1. The average molecular weight is 261 g/mol. The third kappa shape index (κ3) is 3.37. The molecule has 0 bridgehead atoms. The zero-order valence-corrected chi connectivity index (χ0v) is 10.7. The van der Waals surface area contributed by atoms with Gasteiger partial charge < -0.3 is 5.73 Å². The van der Waals surface area contributed by atoms with E-state index in [9.17, 15) is 4.79 Å². The second-order valence-electron chi connectivity index (χ2n) is 3.73. The van der Waals surface area contributed by atoms with Crippen molar-refractivity contribution in [3.63, 3.8) is 0 Å². The Morgan fingerprint density at radius 3 is 2.62 bits per heavy atom. The molecule has 0 saturated heterocycles. The van der Waals surface area contributed by atoms with Crippen molar-refractivity contribution in [2.24, 2.45) is 5.73 Å². The molecule has 5 heteroatoms. The number of benzene rings is 1. The third-order valence-corrected chi connectivity index (χ3v) is 3.09. The summed E-state index contributed by atoms with van der Waals surface area (Å²) >= 11 is 11.8. The van der Waals surface area contributed by atoms with Gasteiger partial charge in [-0.3, -0.25) is 9.69 Å². The molecule has 1 atom stereocenters. The lowest BCUT2D eigenvalue weighted by molar-refractivity contribution is -0.122. The number of likely N-dealkylation sites (N-methyl/N-ethyl adjacent to an activating group) is 1. The van der Waals surface area contributed by atoms with Crippen LogP contribution in [0.15, 0.2) is 18.2 Å². The van der Waals surface area contributed by atoms with E-state index in [4.69, 9.17) is 28.9 Å². The number of hydrogen-bond acceptors (Lipinski definition) is 2. The normalized spacial score (nSPS) is 12.8. The van der Waals surface area contributed by atoms with E-state index in [1.165, 1.54) is 0 Å². The van der Waals surface area contributed by atoms with Crippen LogP contribution in [0.2, 0.25) is 10.0 Å². The second-order valence-corrected chi connectivity index (χ2v) is 4.57. The lowest BCUT2D eigenvalue weighted by Gasteiger charge is -2.22. The number of rotatable bonds is 4. The molecule has 1 aromatic carbocycles. The molecule has 88 valence electrons. The Labute approximate surface area is 105 Å². The van der Waals surface area contributed by atoms with E-state index < -0.39 is 0 Å². The van der Waals surface area contributed by atoms with E-state index in [1.54, 1.807) is 19.1 Å². The van der Waals surface area contributed by atoms with Gasteiger partial charge in [0, 0.05) is 16.6 Å². The first-order chi connectivity index (χ1) is 7.41. The van der Waals surface area contributed by atoms with Crippen LogP contribution in [0.4, 0.5) is 0 Å². The Bertz CT molecular complexity index is 396. The van der Waals surface area contributed by atoms with Gasteiger partial charge in [-0.05, 0) is 31.7 Å². The Kier molecular flexibility index (Phi) is 4.59. The van der Waals surface area contributed by atoms with Crippen molar-refractivity contribution in [1.82, 2.24) is 4.90 Å². The molecule has 0 aliphatic carbocycles. The standard InChI is InChI=1S/C11H14Cl2N2O/c1-7(11(14)16)15(2)6-8-3-4-9(12)5-10(8)13/h3-5,7H,6H2,1-2H3,(H2,14,16)/t7-/m1/s1. The summed E-state index contributed by atoms with van der Waals surface area (Å²) < 4.78 is 0. The van der Waals surface area contributed by atoms with Crippen molar-refractivity contribution in [2.45, 2.75) is 19.5 Å². The smallest absolute Gasteiger partial charge is 0.234 e. The maximum absolute atomic E-state index is 11.0. The highest BCUT2D eigenvalue weighted by Gasteiger charge is 2.15. The van der Waals surface area contributed by atoms with Crippen LogP contribution in [-0.4, -0.2) is 23.9 Å². The molecule has 0 saturated carbocycles. The summed E-state index contributed by atoms with van der Waals surface area (Å²) in [5.74, 6) is -0.354. The van der Waals surface area contributed by atoms with Crippen molar-refractivity contribution < 1.29 is 4.79 Å². The lowest BCUT2D eigenvalue weighted by Crippen LogP contribution is -2.39. The minimum absolute atomic E-state index is 0.327. The van der Waals surface area contributed by atoms with E-state index in [1.807, 2.05) is 18.0 Å². The van der Waals surface area contributed by atoms with Crippen molar-refractivity contribution >= 4 is 29.1 Å². The fourth-order valence-electron chi connectivity index (χ4n) is 1.27. The van der Waals surface area contributed by atoms with Gasteiger partial charge in [0.25, 0.3) is 0 Å². The summed E-state index contributed by atoms with van der Waals surface area (Å²) in [5.41, 5.74) is 6.14. The SMILES string of the molecule is C[C@H](C(N)=O)N(C)Cc1ccc(Cl)cc1Cl. The molecule has 2 N–H and O–H groups in total. The summed E-state index contributed by atoms with van der Waals surface area (Å²) in [5, 5.41) is 1.19. The van der Waals surface area contributed by atoms with Crippen LogP contribution >= 0.6 is 23.2 Å². The molecule has 0 heterocycles. The van der Waals surface area contributed by atoms with Crippen LogP contribution in [0.1, 0.15) is 12.5 Å². The molecule has 0 radical (unpaired) electrons. The molecule has 3 nitrogen and oxygen atoms in total. The van der Waals surface area contributed by atoms with Gasteiger partial charge in [0.1, 0.15) is 0 Å². The highest BCUT2D eigenvalue weighted by Crippen LogP contribution is 2.22. The molecule has 1 amide bonds. The van der Waals surface area contributed by atoms with Gasteiger partial charge in [0.05, 0.1) is 6.04 Å². The monoisotopic (exact) mass is 260 g/mol. The first-order valence-corrected chi connectivity index (χ1v) is 5.61. The first-order valence-electron chi connectivity index (χ1n) is 4.85. The fourth-order valence-corrected chi connectivity index (χ4v) is 1.74. The van der Waals surface area contributed by atoms with Crippen LogP contribution in [0.3, 0.4) is 0 Å². The first kappa shape index (κ1) is 13.3. The minimum atomic E-state index is -0.354. The predicted molar refractivity (Wildman–Crippen MR) is 66.6 cm³/mol. The van der Waals surface area contributed by atoms with E-state index >= 15 is 0 Å². The highest BCUT2D eigenvalue weighted by molar-refractivity contribution is 6.35. The number of nitrogens with zero attached hydrogens (tertiary/aromatic N) is 1. The summed E-state index contributed by atoms with van der Waals surface area (Å²) in [4.78, 5) is 12.8. The number of amides is 1. The molecule has 1 aromatic rings. The lowest BCUT2D eigenvalue weighted by atomic mass is 10.2. The number of carbonyl (C=O) groups is 1. The predicted octanol–water partition coefficient (Wildman–Crippen LogP) is 2.30. The van der Waals surface area contributed by atoms with Crippen LogP contribution in [-0.2, 0) is 11.3 Å². The van der Waals surface area contributed by atoms with E-state index in [0.29, 0.717) is 16.6 Å². The van der Waals surface area contributed by atoms with Gasteiger partial charge in [-0.25, -0.2) is 0 Å². The average Bonchev–Trinajstić information content (AvgIpc) is 2.20. The maximum Gasteiger partial charge on any atom is 0.234 e. The molecular formula is C11H14Cl2N2O. The molecule has 0 spiro atoms. The second kappa shape index (κ2) is 5.53. The van der Waals surface area contributed by atoms with E-state index in [2.05, 4.69) is 0 Å². The van der Waals surface area contributed by atoms with E-state index in [0.717, 1.165) is 5.56 Å². The van der Waals surface area contributed by atoms with Gasteiger partial charge in [0.2, 0.25) is 5.91 Å². The number of carbonyl (C=O) groups excluding carboxylic acids is 1. The van der Waals surface area contributed by atoms with Crippen LogP contribution in [0.5, 0.6) is 0 Å². The zero-order chi connectivity index (χ0) is 12.3. The van der Waals surface area contributed by atoms with Gasteiger partial charge in [0.15, 0.2) is 0 Å². The Hall–Kier alpha value is -0.770. The summed E-state index contributed by atoms with van der Waals surface area (Å²) in [6.07, 6.45) is 0. The van der Waals surface area contributed by atoms with Crippen molar-refractivity contribution in [1.29, 1.82) is 0 Å². The van der Waals surface area contributed by atoms with Crippen molar-refractivity contribution in [2.75, 3.05) is 7.05 Å². The van der Waals surface area contributed by atoms with Crippen LogP contribution in [0.25, 0.3) is 0 Å². The number of halogens is 2. The van der Waals surface area contributed by atoms with Gasteiger partial charge in [-0.2, -0.15) is 0 Å². The van der Waals surface area contributed by atoms with E-state index in [-0.39, 0.29) is 11.9 Å². The Morgan fingerprint density at radius 2 is 2.12 bits per heavy atom. The maximum atomic E-state index is 11.0. The molecule has 16 heavy (non-hydrogen) atoms. The number of hydrogen-bond donors (Lipinski definition) is 1. The van der Waals surface area contributed by atoms with Gasteiger partial charge in [-0.1, -0.05) is 29.3 Å². The Morgan fingerprint density at radius 1 is 1.50 bits per heavy atom. The molecule has 0 unspecified atom stereocenters. The largest absolute Gasteiger partial charge is 0.368 e. The summed E-state index contributed by atoms with van der Waals surface area (Å²) in [7, 11) is 1.82. The molecule has 0 aromatic heterocycles. The molecule has 0 aliphatic heterocycles. The molecule has 1 rings (SSSR count). The summed E-state index contributed by atoms with van der Waals surface area (Å²) in [6, 6.07) is 4.97. The zero-order valence-electron chi connectivity index (χ0n) is 9.21. The molecular weight excluding hydrogens is 247 g/mol. The highest BCUT2D eigenvalue weighted by atomic mass is 35.5. The third-order valence-electron chi connectivity index (χ3n) is 2.51. The fraction of sp³-hybridized carbons (Fsp3) is 0.364. The van der Waals surface area contributed by atoms with Crippen molar-refractivity contribution in [3.8, 4) is 0 Å². The van der Waals surface area contributed by atoms with Crippen molar-refractivity contribution in [3.05, 3.63) is 33.8 Å². The Balaban J connectivity index is 2.77.